The Morgan fingerprint density at radius 3 is 2.56 bits per heavy atom. The molecule has 8 nitrogen and oxygen atoms in total. The van der Waals surface area contributed by atoms with Crippen LogP contribution in [0.5, 0.6) is 5.75 Å². The van der Waals surface area contributed by atoms with Gasteiger partial charge in [0.2, 0.25) is 11.8 Å². The summed E-state index contributed by atoms with van der Waals surface area (Å²) in [6.07, 6.45) is 1.13. The van der Waals surface area contributed by atoms with Crippen LogP contribution in [-0.4, -0.2) is 51.4 Å². The number of amides is 2. The van der Waals surface area contributed by atoms with E-state index in [1.807, 2.05) is 13.8 Å². The third kappa shape index (κ3) is 8.50. The molecule has 4 N–H and O–H groups in total. The van der Waals surface area contributed by atoms with Gasteiger partial charge in [0, 0.05) is 18.0 Å². The van der Waals surface area contributed by atoms with Crippen LogP contribution in [-0.2, 0) is 19.4 Å². The lowest BCUT2D eigenvalue weighted by Gasteiger charge is -2.15. The van der Waals surface area contributed by atoms with Gasteiger partial charge >= 0.3 is 0 Å². The number of sulfone groups is 1. The topological polar surface area (TPSA) is 128 Å². The molecule has 1 aromatic rings. The molecule has 0 saturated carbocycles. The molecule has 0 fully saturated rings. The lowest BCUT2D eigenvalue weighted by Crippen LogP contribution is -2.46. The Hall–Kier alpha value is -2.13. The van der Waals surface area contributed by atoms with Gasteiger partial charge in [-0.1, -0.05) is 19.9 Å². The molecule has 1 atom stereocenters. The van der Waals surface area contributed by atoms with Gasteiger partial charge in [0.15, 0.2) is 9.84 Å². The third-order valence-electron chi connectivity index (χ3n) is 3.28. The molecule has 1 aromatic carbocycles. The normalized spacial score (nSPS) is 12.5. The number of hydrogen-bond acceptors (Lipinski definition) is 6. The minimum Gasteiger partial charge on any atom is -0.492 e. The van der Waals surface area contributed by atoms with E-state index in [9.17, 15) is 18.0 Å². The van der Waals surface area contributed by atoms with E-state index in [-0.39, 0.29) is 30.7 Å². The van der Waals surface area contributed by atoms with Crippen molar-refractivity contribution in [2.75, 3.05) is 30.5 Å². The second kappa shape index (κ2) is 9.38. The Balaban J connectivity index is 2.49. The van der Waals surface area contributed by atoms with Gasteiger partial charge in [-0.2, -0.15) is 0 Å². The number of carbonyl (C=O) groups is 2. The van der Waals surface area contributed by atoms with E-state index in [4.69, 9.17) is 10.5 Å². The number of benzene rings is 1. The molecule has 9 heteroatoms. The van der Waals surface area contributed by atoms with Crippen molar-refractivity contribution < 1.29 is 22.7 Å². The zero-order chi connectivity index (χ0) is 19.0. The van der Waals surface area contributed by atoms with Crippen molar-refractivity contribution in [1.82, 2.24) is 5.32 Å². The van der Waals surface area contributed by atoms with Crippen LogP contribution in [0.2, 0.25) is 0 Å². The molecule has 0 bridgehead atoms. The summed E-state index contributed by atoms with van der Waals surface area (Å²) in [5, 5.41) is 5.10. The van der Waals surface area contributed by atoms with Gasteiger partial charge in [-0.25, -0.2) is 8.42 Å². The highest BCUT2D eigenvalue weighted by molar-refractivity contribution is 7.90. The van der Waals surface area contributed by atoms with Gasteiger partial charge in [-0.3, -0.25) is 9.59 Å². The average molecular weight is 371 g/mol. The molecule has 0 unspecified atom stereocenters. The fourth-order valence-corrected chi connectivity index (χ4v) is 2.15. The molecule has 2 amide bonds. The summed E-state index contributed by atoms with van der Waals surface area (Å²) in [5.74, 6) is -0.470. The quantitative estimate of drug-likeness (QED) is 0.567. The summed E-state index contributed by atoms with van der Waals surface area (Å²) < 4.78 is 27.5. The first-order valence-electron chi connectivity index (χ1n) is 7.82. The smallest absolute Gasteiger partial charge is 0.243 e. The van der Waals surface area contributed by atoms with E-state index in [0.29, 0.717) is 11.4 Å². The predicted octanol–water partition coefficient (Wildman–Crippen LogP) is 0.148. The molecule has 25 heavy (non-hydrogen) atoms. The van der Waals surface area contributed by atoms with E-state index in [0.717, 1.165) is 6.26 Å². The summed E-state index contributed by atoms with van der Waals surface area (Å²) in [7, 11) is -3.10. The standard InChI is InChI=1S/C16H25N3O5S/c1-11(2)15(17)16(21)18-10-14(20)19-12-5-4-6-13(9-12)24-7-8-25(3,22)23/h4-6,9,11,15H,7-8,10,17H2,1-3H3,(H,18,21)(H,19,20)/t15-/m0/s1. The first-order valence-corrected chi connectivity index (χ1v) is 9.88. The van der Waals surface area contributed by atoms with Crippen LogP contribution in [0.1, 0.15) is 13.8 Å². The summed E-state index contributed by atoms with van der Waals surface area (Å²) >= 11 is 0. The van der Waals surface area contributed by atoms with Crippen molar-refractivity contribution >= 4 is 27.3 Å². The molecule has 0 aliphatic carbocycles. The van der Waals surface area contributed by atoms with Crippen LogP contribution >= 0.6 is 0 Å². The van der Waals surface area contributed by atoms with E-state index >= 15 is 0 Å². The zero-order valence-corrected chi connectivity index (χ0v) is 15.4. The second-order valence-electron chi connectivity index (χ2n) is 6.04. The minimum atomic E-state index is -3.10. The largest absolute Gasteiger partial charge is 0.492 e. The van der Waals surface area contributed by atoms with Gasteiger partial charge in [0.05, 0.1) is 18.3 Å². The number of carbonyl (C=O) groups excluding carboxylic acids is 2. The van der Waals surface area contributed by atoms with Crippen LogP contribution in [0, 0.1) is 5.92 Å². The van der Waals surface area contributed by atoms with Crippen molar-refractivity contribution in [2.24, 2.45) is 11.7 Å². The van der Waals surface area contributed by atoms with Gasteiger partial charge in [0.25, 0.3) is 0 Å². The first-order chi connectivity index (χ1) is 11.6. The highest BCUT2D eigenvalue weighted by Gasteiger charge is 2.17. The minimum absolute atomic E-state index is 0.0242. The molecular formula is C16H25N3O5S. The average Bonchev–Trinajstić information content (AvgIpc) is 2.51. The molecule has 0 radical (unpaired) electrons. The highest BCUT2D eigenvalue weighted by Crippen LogP contribution is 2.17. The fraction of sp³-hybridized carbons (Fsp3) is 0.500. The molecule has 0 saturated heterocycles. The van der Waals surface area contributed by atoms with Crippen molar-refractivity contribution in [1.29, 1.82) is 0 Å². The molecule has 140 valence electrons. The molecule has 0 aliphatic heterocycles. The number of ether oxygens (including phenoxy) is 1. The maximum atomic E-state index is 11.9. The van der Waals surface area contributed by atoms with Gasteiger partial charge in [0.1, 0.15) is 12.4 Å². The monoisotopic (exact) mass is 371 g/mol. The highest BCUT2D eigenvalue weighted by atomic mass is 32.2. The Kier molecular flexibility index (Phi) is 7.85. The Morgan fingerprint density at radius 1 is 1.28 bits per heavy atom. The molecule has 1 rings (SSSR count). The third-order valence-corrected chi connectivity index (χ3v) is 4.19. The van der Waals surface area contributed by atoms with Crippen molar-refractivity contribution in [3.05, 3.63) is 24.3 Å². The number of nitrogens with two attached hydrogens (primary N) is 1. The summed E-state index contributed by atoms with van der Waals surface area (Å²) in [5.41, 5.74) is 6.17. The summed E-state index contributed by atoms with van der Waals surface area (Å²) in [4.78, 5) is 23.6. The predicted molar refractivity (Wildman–Crippen MR) is 96.1 cm³/mol. The molecule has 0 heterocycles. The lowest BCUT2D eigenvalue weighted by atomic mass is 10.1. The maximum absolute atomic E-state index is 11.9. The number of hydrogen-bond donors (Lipinski definition) is 3. The van der Waals surface area contributed by atoms with Crippen LogP contribution in [0.3, 0.4) is 0 Å². The second-order valence-corrected chi connectivity index (χ2v) is 8.30. The fourth-order valence-electron chi connectivity index (χ4n) is 1.77. The van der Waals surface area contributed by atoms with E-state index in [1.165, 1.54) is 0 Å². The molecular weight excluding hydrogens is 346 g/mol. The van der Waals surface area contributed by atoms with Crippen molar-refractivity contribution in [3.8, 4) is 5.75 Å². The number of nitrogens with one attached hydrogen (secondary N) is 2. The SMILES string of the molecule is CC(C)[C@H](N)C(=O)NCC(=O)Nc1cccc(OCCS(C)(=O)=O)c1. The van der Waals surface area contributed by atoms with E-state index < -0.39 is 21.8 Å². The van der Waals surface area contributed by atoms with Gasteiger partial charge < -0.3 is 21.1 Å². The Morgan fingerprint density at radius 2 is 1.96 bits per heavy atom. The maximum Gasteiger partial charge on any atom is 0.243 e. The summed E-state index contributed by atoms with van der Waals surface area (Å²) in [6.45, 7) is 3.47. The summed E-state index contributed by atoms with van der Waals surface area (Å²) in [6, 6.07) is 5.88. The Labute approximate surface area is 148 Å². The van der Waals surface area contributed by atoms with Gasteiger partial charge in [-0.15, -0.1) is 0 Å². The van der Waals surface area contributed by atoms with Gasteiger partial charge in [-0.05, 0) is 18.1 Å². The molecule has 0 spiro atoms. The molecule has 0 aliphatic rings. The van der Waals surface area contributed by atoms with Crippen LogP contribution in [0.25, 0.3) is 0 Å². The van der Waals surface area contributed by atoms with E-state index in [1.54, 1.807) is 24.3 Å². The Bertz CT molecular complexity index is 703. The van der Waals surface area contributed by atoms with Crippen LogP contribution in [0.4, 0.5) is 5.69 Å². The van der Waals surface area contributed by atoms with Crippen LogP contribution in [0.15, 0.2) is 24.3 Å². The van der Waals surface area contributed by atoms with Crippen molar-refractivity contribution in [2.45, 2.75) is 19.9 Å². The first kappa shape index (κ1) is 20.9. The lowest BCUT2D eigenvalue weighted by molar-refractivity contribution is -0.125. The zero-order valence-electron chi connectivity index (χ0n) is 14.6. The van der Waals surface area contributed by atoms with Crippen molar-refractivity contribution in [3.63, 3.8) is 0 Å². The van der Waals surface area contributed by atoms with E-state index in [2.05, 4.69) is 10.6 Å². The number of anilines is 1. The molecule has 0 aromatic heterocycles. The van der Waals surface area contributed by atoms with Crippen LogP contribution < -0.4 is 21.1 Å². The number of rotatable bonds is 9.